The van der Waals surface area contributed by atoms with Gasteiger partial charge in [-0.25, -0.2) is 0 Å². The molecule has 0 aromatic heterocycles. The summed E-state index contributed by atoms with van der Waals surface area (Å²) in [5.41, 5.74) is 9.03. The second kappa shape index (κ2) is 9.44. The van der Waals surface area contributed by atoms with E-state index in [1.807, 2.05) is 74.5 Å². The van der Waals surface area contributed by atoms with Gasteiger partial charge >= 0.3 is 0 Å². The van der Waals surface area contributed by atoms with E-state index in [9.17, 15) is 4.79 Å². The molecule has 4 aromatic carbocycles. The van der Waals surface area contributed by atoms with Crippen molar-refractivity contribution >= 4 is 23.0 Å². The molecule has 0 bridgehead atoms. The summed E-state index contributed by atoms with van der Waals surface area (Å²) < 4.78 is 0. The van der Waals surface area contributed by atoms with Crippen LogP contribution < -0.4 is 5.32 Å². The van der Waals surface area contributed by atoms with Crippen LogP contribution in [-0.2, 0) is 0 Å². The predicted octanol–water partition coefficient (Wildman–Crippen LogP) is 7.36. The van der Waals surface area contributed by atoms with E-state index >= 15 is 0 Å². The van der Waals surface area contributed by atoms with Crippen LogP contribution in [0.4, 0.5) is 11.4 Å². The molecule has 32 heavy (non-hydrogen) atoms. The normalized spacial score (nSPS) is 11.3. The molecule has 0 aliphatic heterocycles. The number of nitrogens with one attached hydrogen (secondary N) is 1. The van der Waals surface area contributed by atoms with Crippen molar-refractivity contribution in [2.24, 2.45) is 4.99 Å². The molecule has 1 N–H and O–H groups in total. The topological polar surface area (TPSA) is 41.5 Å². The maximum Gasteiger partial charge on any atom is 0.255 e. The maximum atomic E-state index is 12.4. The van der Waals surface area contributed by atoms with Crippen molar-refractivity contribution in [3.05, 3.63) is 119 Å². The van der Waals surface area contributed by atoms with Gasteiger partial charge in [0.05, 0.1) is 5.69 Å². The van der Waals surface area contributed by atoms with Gasteiger partial charge in [-0.15, -0.1) is 0 Å². The van der Waals surface area contributed by atoms with E-state index < -0.39 is 0 Å². The highest BCUT2D eigenvalue weighted by Crippen LogP contribution is 2.25. The van der Waals surface area contributed by atoms with E-state index in [4.69, 9.17) is 4.99 Å². The lowest BCUT2D eigenvalue weighted by atomic mass is 10.0. The smallest absolute Gasteiger partial charge is 0.255 e. The van der Waals surface area contributed by atoms with Gasteiger partial charge in [0.2, 0.25) is 0 Å². The Morgan fingerprint density at radius 3 is 1.62 bits per heavy atom. The maximum absolute atomic E-state index is 12.4. The number of hydrogen-bond donors (Lipinski definition) is 1. The molecule has 3 nitrogen and oxygen atoms in total. The minimum absolute atomic E-state index is 0.107. The van der Waals surface area contributed by atoms with Crippen molar-refractivity contribution in [1.29, 1.82) is 0 Å². The van der Waals surface area contributed by atoms with E-state index in [-0.39, 0.29) is 5.91 Å². The number of carbonyl (C=O) groups excluding carboxylic acids is 1. The molecule has 4 rings (SSSR count). The van der Waals surface area contributed by atoms with Crippen molar-refractivity contribution in [3.63, 3.8) is 0 Å². The monoisotopic (exact) mass is 418 g/mol. The minimum atomic E-state index is -0.107. The van der Waals surface area contributed by atoms with Crippen LogP contribution in [-0.4, -0.2) is 11.6 Å². The number of nitrogens with zero attached hydrogens (tertiary/aromatic N) is 1. The number of carbonyl (C=O) groups is 1. The Morgan fingerprint density at radius 1 is 0.625 bits per heavy atom. The first-order valence-corrected chi connectivity index (χ1v) is 10.7. The highest BCUT2D eigenvalue weighted by molar-refractivity contribution is 6.04. The molecule has 0 atom stereocenters. The van der Waals surface area contributed by atoms with Crippen LogP contribution in [0.25, 0.3) is 11.1 Å². The van der Waals surface area contributed by atoms with Gasteiger partial charge < -0.3 is 5.32 Å². The Labute approximate surface area is 189 Å². The third kappa shape index (κ3) is 5.19. The minimum Gasteiger partial charge on any atom is -0.322 e. The van der Waals surface area contributed by atoms with Gasteiger partial charge in [-0.1, -0.05) is 71.8 Å². The standard InChI is InChI=1S/C29H26N2O/c1-20-4-8-23(9-5-20)22(3)30-27-16-12-24(13-17-27)25-14-18-28(19-15-25)31-29(32)26-10-6-21(2)7-11-26/h4-19H,1-3H3,(H,31,32). The van der Waals surface area contributed by atoms with Crippen LogP contribution in [0.5, 0.6) is 0 Å². The Bertz CT molecular complexity index is 1230. The highest BCUT2D eigenvalue weighted by Gasteiger charge is 2.06. The first kappa shape index (κ1) is 21.3. The first-order chi connectivity index (χ1) is 15.5. The fourth-order valence-corrected chi connectivity index (χ4v) is 3.44. The molecular formula is C29H26N2O. The van der Waals surface area contributed by atoms with Crippen LogP contribution in [0.15, 0.2) is 102 Å². The van der Waals surface area contributed by atoms with Gasteiger partial charge in [-0.3, -0.25) is 9.79 Å². The molecule has 0 spiro atoms. The van der Waals surface area contributed by atoms with E-state index in [0.717, 1.165) is 39.3 Å². The van der Waals surface area contributed by atoms with Crippen molar-refractivity contribution in [3.8, 4) is 11.1 Å². The van der Waals surface area contributed by atoms with Crippen LogP contribution >= 0.6 is 0 Å². The molecular weight excluding hydrogens is 392 g/mol. The highest BCUT2D eigenvalue weighted by atomic mass is 16.1. The summed E-state index contributed by atoms with van der Waals surface area (Å²) in [7, 11) is 0. The largest absolute Gasteiger partial charge is 0.322 e. The zero-order valence-corrected chi connectivity index (χ0v) is 18.6. The lowest BCUT2D eigenvalue weighted by Gasteiger charge is -2.08. The zero-order valence-electron chi connectivity index (χ0n) is 18.6. The molecule has 0 aliphatic carbocycles. The lowest BCUT2D eigenvalue weighted by Crippen LogP contribution is -2.11. The number of benzene rings is 4. The summed E-state index contributed by atoms with van der Waals surface area (Å²) >= 11 is 0. The van der Waals surface area contributed by atoms with Crippen LogP contribution in [0.2, 0.25) is 0 Å². The number of aliphatic imine (C=N–C) groups is 1. The first-order valence-electron chi connectivity index (χ1n) is 10.7. The molecule has 158 valence electrons. The van der Waals surface area contributed by atoms with Crippen molar-refractivity contribution in [1.82, 2.24) is 0 Å². The second-order valence-electron chi connectivity index (χ2n) is 8.01. The van der Waals surface area contributed by atoms with E-state index in [0.29, 0.717) is 5.56 Å². The molecule has 0 saturated heterocycles. The van der Waals surface area contributed by atoms with Crippen LogP contribution in [0, 0.1) is 13.8 Å². The van der Waals surface area contributed by atoms with Gasteiger partial charge in [-0.2, -0.15) is 0 Å². The second-order valence-corrected chi connectivity index (χ2v) is 8.01. The number of hydrogen-bond acceptors (Lipinski definition) is 2. The van der Waals surface area contributed by atoms with Crippen molar-refractivity contribution < 1.29 is 4.79 Å². The molecule has 4 aromatic rings. The lowest BCUT2D eigenvalue weighted by molar-refractivity contribution is 0.102. The van der Waals surface area contributed by atoms with Crippen LogP contribution in [0.3, 0.4) is 0 Å². The average Bonchev–Trinajstić information content (AvgIpc) is 2.81. The summed E-state index contributed by atoms with van der Waals surface area (Å²) in [6.07, 6.45) is 0. The Kier molecular flexibility index (Phi) is 6.27. The molecule has 0 unspecified atom stereocenters. The van der Waals surface area contributed by atoms with Crippen molar-refractivity contribution in [2.45, 2.75) is 20.8 Å². The summed E-state index contributed by atoms with van der Waals surface area (Å²) in [6, 6.07) is 32.0. The summed E-state index contributed by atoms with van der Waals surface area (Å²) in [6.45, 7) is 6.12. The SMILES string of the molecule is CC(=Nc1ccc(-c2ccc(NC(=O)c3ccc(C)cc3)cc2)cc1)c1ccc(C)cc1. The Balaban J connectivity index is 1.44. The van der Waals surface area contributed by atoms with Gasteiger partial charge in [-0.05, 0) is 73.9 Å². The third-order valence-corrected chi connectivity index (χ3v) is 5.42. The predicted molar refractivity (Wildman–Crippen MR) is 134 cm³/mol. The van der Waals surface area contributed by atoms with Crippen LogP contribution in [0.1, 0.15) is 34.0 Å². The van der Waals surface area contributed by atoms with Gasteiger partial charge in [0.15, 0.2) is 0 Å². The number of anilines is 1. The van der Waals surface area contributed by atoms with Gasteiger partial charge in [0, 0.05) is 17.0 Å². The average molecular weight is 419 g/mol. The quantitative estimate of drug-likeness (QED) is 0.338. The fourth-order valence-electron chi connectivity index (χ4n) is 3.44. The van der Waals surface area contributed by atoms with Gasteiger partial charge in [0.25, 0.3) is 5.91 Å². The molecule has 0 saturated carbocycles. The Hall–Kier alpha value is -3.98. The van der Waals surface area contributed by atoms with Crippen molar-refractivity contribution in [2.75, 3.05) is 5.32 Å². The molecule has 0 fully saturated rings. The summed E-state index contributed by atoms with van der Waals surface area (Å²) in [5, 5.41) is 2.95. The molecule has 0 heterocycles. The number of aryl methyl sites for hydroxylation is 2. The zero-order chi connectivity index (χ0) is 22.5. The molecule has 0 radical (unpaired) electrons. The fraction of sp³-hybridized carbons (Fsp3) is 0.103. The summed E-state index contributed by atoms with van der Waals surface area (Å²) in [4.78, 5) is 17.1. The third-order valence-electron chi connectivity index (χ3n) is 5.42. The van der Waals surface area contributed by atoms with E-state index in [2.05, 4.69) is 48.6 Å². The van der Waals surface area contributed by atoms with E-state index in [1.165, 1.54) is 5.56 Å². The summed E-state index contributed by atoms with van der Waals surface area (Å²) in [5.74, 6) is -0.107. The molecule has 0 aliphatic rings. The van der Waals surface area contributed by atoms with Gasteiger partial charge in [0.1, 0.15) is 0 Å². The molecule has 1 amide bonds. The number of amides is 1. The van der Waals surface area contributed by atoms with E-state index in [1.54, 1.807) is 0 Å². The number of rotatable bonds is 5. The molecule has 3 heteroatoms. The Morgan fingerprint density at radius 2 is 1.09 bits per heavy atom.